The van der Waals surface area contributed by atoms with E-state index in [1.165, 1.54) is 0 Å². The molecule has 2 aliphatic rings. The summed E-state index contributed by atoms with van der Waals surface area (Å²) >= 11 is 0. The molecule has 2 saturated heterocycles. The minimum absolute atomic E-state index is 0.0717. The maximum absolute atomic E-state index is 12.1. The number of nitrogens with zero attached hydrogens (tertiary/aromatic N) is 1. The van der Waals surface area contributed by atoms with E-state index in [1.807, 2.05) is 4.90 Å². The number of rotatable bonds is 3. The molecule has 2 rings (SSSR count). The minimum atomic E-state index is 0.0717. The molecular formula is C11H20N2O2. The number of likely N-dealkylation sites (tertiary alicyclic amines) is 1. The molecule has 0 bridgehead atoms. The van der Waals surface area contributed by atoms with E-state index in [1.54, 1.807) is 7.11 Å². The van der Waals surface area contributed by atoms with Crippen LogP contribution < -0.4 is 5.32 Å². The van der Waals surface area contributed by atoms with Crippen molar-refractivity contribution in [2.75, 3.05) is 26.8 Å². The smallest absolute Gasteiger partial charge is 0.240 e. The van der Waals surface area contributed by atoms with E-state index in [0.29, 0.717) is 12.6 Å². The highest BCUT2D eigenvalue weighted by Crippen LogP contribution is 2.20. The molecule has 0 saturated carbocycles. The normalized spacial score (nSPS) is 31.1. The van der Waals surface area contributed by atoms with Crippen LogP contribution in [0.3, 0.4) is 0 Å². The Balaban J connectivity index is 1.92. The zero-order chi connectivity index (χ0) is 10.7. The third-order valence-corrected chi connectivity index (χ3v) is 3.38. The summed E-state index contributed by atoms with van der Waals surface area (Å²) in [5.41, 5.74) is 0. The van der Waals surface area contributed by atoms with Gasteiger partial charge in [-0.3, -0.25) is 4.79 Å². The number of amides is 1. The Morgan fingerprint density at radius 3 is 3.00 bits per heavy atom. The molecule has 2 atom stereocenters. The second kappa shape index (κ2) is 4.94. The van der Waals surface area contributed by atoms with Gasteiger partial charge in [-0.2, -0.15) is 0 Å². The van der Waals surface area contributed by atoms with Crippen molar-refractivity contribution in [2.45, 2.75) is 37.8 Å². The van der Waals surface area contributed by atoms with E-state index in [0.717, 1.165) is 38.8 Å². The summed E-state index contributed by atoms with van der Waals surface area (Å²) in [7, 11) is 1.70. The van der Waals surface area contributed by atoms with Crippen LogP contribution in [0.2, 0.25) is 0 Å². The molecule has 86 valence electrons. The highest BCUT2D eigenvalue weighted by molar-refractivity contribution is 5.82. The quantitative estimate of drug-likeness (QED) is 0.735. The summed E-state index contributed by atoms with van der Waals surface area (Å²) in [6.07, 6.45) is 4.33. The Labute approximate surface area is 91.0 Å². The number of ether oxygens (including phenoxy) is 1. The lowest BCUT2D eigenvalue weighted by atomic mass is 10.2. The van der Waals surface area contributed by atoms with Crippen LogP contribution in [0.4, 0.5) is 0 Å². The van der Waals surface area contributed by atoms with Crippen LogP contribution in [0.5, 0.6) is 0 Å². The van der Waals surface area contributed by atoms with Crippen LogP contribution >= 0.6 is 0 Å². The molecule has 4 nitrogen and oxygen atoms in total. The van der Waals surface area contributed by atoms with Gasteiger partial charge in [-0.25, -0.2) is 0 Å². The van der Waals surface area contributed by atoms with Gasteiger partial charge >= 0.3 is 0 Å². The summed E-state index contributed by atoms with van der Waals surface area (Å²) in [5.74, 6) is 0.284. The lowest BCUT2D eigenvalue weighted by molar-refractivity contribution is -0.134. The summed E-state index contributed by atoms with van der Waals surface area (Å²) in [6.45, 7) is 2.57. The van der Waals surface area contributed by atoms with Gasteiger partial charge in [0, 0.05) is 13.7 Å². The van der Waals surface area contributed by atoms with E-state index in [9.17, 15) is 4.79 Å². The first-order valence-electron chi connectivity index (χ1n) is 5.85. The summed E-state index contributed by atoms with van der Waals surface area (Å²) < 4.78 is 5.15. The van der Waals surface area contributed by atoms with Gasteiger partial charge in [0.15, 0.2) is 0 Å². The predicted molar refractivity (Wildman–Crippen MR) is 57.6 cm³/mol. The van der Waals surface area contributed by atoms with Gasteiger partial charge in [-0.15, -0.1) is 0 Å². The number of hydrogen-bond donors (Lipinski definition) is 1. The Morgan fingerprint density at radius 1 is 1.47 bits per heavy atom. The fraction of sp³-hybridized carbons (Fsp3) is 0.909. The summed E-state index contributed by atoms with van der Waals surface area (Å²) in [4.78, 5) is 14.1. The van der Waals surface area contributed by atoms with Crippen molar-refractivity contribution >= 4 is 5.91 Å². The third-order valence-electron chi connectivity index (χ3n) is 3.38. The molecule has 0 aromatic heterocycles. The molecule has 15 heavy (non-hydrogen) atoms. The Morgan fingerprint density at radius 2 is 2.33 bits per heavy atom. The highest BCUT2D eigenvalue weighted by Gasteiger charge is 2.33. The fourth-order valence-electron chi connectivity index (χ4n) is 2.59. The maximum Gasteiger partial charge on any atom is 0.240 e. The van der Waals surface area contributed by atoms with Crippen molar-refractivity contribution in [2.24, 2.45) is 0 Å². The van der Waals surface area contributed by atoms with Crippen LogP contribution in [0.25, 0.3) is 0 Å². The molecule has 2 unspecified atom stereocenters. The molecule has 0 aromatic carbocycles. The van der Waals surface area contributed by atoms with Crippen LogP contribution in [0, 0.1) is 0 Å². The van der Waals surface area contributed by atoms with Crippen molar-refractivity contribution in [1.29, 1.82) is 0 Å². The van der Waals surface area contributed by atoms with Gasteiger partial charge in [0.25, 0.3) is 0 Å². The Kier molecular flexibility index (Phi) is 3.59. The van der Waals surface area contributed by atoms with Gasteiger partial charge in [0.05, 0.1) is 18.7 Å². The summed E-state index contributed by atoms with van der Waals surface area (Å²) in [6, 6.07) is 0.382. The van der Waals surface area contributed by atoms with E-state index in [4.69, 9.17) is 4.74 Å². The van der Waals surface area contributed by atoms with Crippen molar-refractivity contribution in [3.8, 4) is 0 Å². The highest BCUT2D eigenvalue weighted by atomic mass is 16.5. The van der Waals surface area contributed by atoms with Crippen LogP contribution in [0.15, 0.2) is 0 Å². The molecule has 1 amide bonds. The van der Waals surface area contributed by atoms with E-state index in [2.05, 4.69) is 5.32 Å². The number of methoxy groups -OCH3 is 1. The lowest BCUT2D eigenvalue weighted by Crippen LogP contribution is -2.47. The van der Waals surface area contributed by atoms with Crippen molar-refractivity contribution in [3.63, 3.8) is 0 Å². The largest absolute Gasteiger partial charge is 0.383 e. The van der Waals surface area contributed by atoms with Crippen LogP contribution in [0.1, 0.15) is 25.7 Å². The SMILES string of the molecule is COCC1CCCN1C(=O)C1CCCN1. The Hall–Kier alpha value is -0.610. The number of nitrogens with one attached hydrogen (secondary N) is 1. The predicted octanol–water partition coefficient (Wildman–Crippen LogP) is 0.376. The molecule has 2 aliphatic heterocycles. The number of hydrogen-bond acceptors (Lipinski definition) is 3. The minimum Gasteiger partial charge on any atom is -0.383 e. The standard InChI is InChI=1S/C11H20N2O2/c1-15-8-9-4-3-7-13(9)11(14)10-5-2-6-12-10/h9-10,12H,2-8H2,1H3. The first kappa shape index (κ1) is 10.9. The van der Waals surface area contributed by atoms with E-state index < -0.39 is 0 Å². The molecule has 0 aromatic rings. The maximum atomic E-state index is 12.1. The Bertz CT molecular complexity index is 227. The number of carbonyl (C=O) groups excluding carboxylic acids is 1. The second-order valence-electron chi connectivity index (χ2n) is 4.43. The van der Waals surface area contributed by atoms with Crippen LogP contribution in [-0.4, -0.2) is 49.7 Å². The van der Waals surface area contributed by atoms with Crippen molar-refractivity contribution < 1.29 is 9.53 Å². The van der Waals surface area contributed by atoms with Crippen LogP contribution in [-0.2, 0) is 9.53 Å². The molecule has 1 N–H and O–H groups in total. The topological polar surface area (TPSA) is 41.6 Å². The molecular weight excluding hydrogens is 192 g/mol. The average Bonchev–Trinajstić information content (AvgIpc) is 2.87. The van der Waals surface area contributed by atoms with Crippen molar-refractivity contribution in [1.82, 2.24) is 10.2 Å². The lowest BCUT2D eigenvalue weighted by Gasteiger charge is -2.26. The third kappa shape index (κ3) is 2.32. The van der Waals surface area contributed by atoms with Gasteiger partial charge < -0.3 is 15.0 Å². The van der Waals surface area contributed by atoms with Crippen molar-refractivity contribution in [3.05, 3.63) is 0 Å². The molecule has 0 aliphatic carbocycles. The average molecular weight is 212 g/mol. The molecule has 0 radical (unpaired) electrons. The molecule has 2 fully saturated rings. The van der Waals surface area contributed by atoms with E-state index >= 15 is 0 Å². The molecule has 0 spiro atoms. The fourth-order valence-corrected chi connectivity index (χ4v) is 2.59. The molecule has 2 heterocycles. The van der Waals surface area contributed by atoms with Gasteiger partial charge in [-0.1, -0.05) is 0 Å². The van der Waals surface area contributed by atoms with Gasteiger partial charge in [0.2, 0.25) is 5.91 Å². The number of carbonyl (C=O) groups is 1. The first-order chi connectivity index (χ1) is 7.33. The first-order valence-corrected chi connectivity index (χ1v) is 5.85. The zero-order valence-corrected chi connectivity index (χ0v) is 9.37. The van der Waals surface area contributed by atoms with E-state index in [-0.39, 0.29) is 11.9 Å². The summed E-state index contributed by atoms with van der Waals surface area (Å²) in [5, 5.41) is 3.26. The molecule has 4 heteroatoms. The zero-order valence-electron chi connectivity index (χ0n) is 9.37. The van der Waals surface area contributed by atoms with Gasteiger partial charge in [-0.05, 0) is 32.2 Å². The second-order valence-corrected chi connectivity index (χ2v) is 4.43. The van der Waals surface area contributed by atoms with Gasteiger partial charge in [0.1, 0.15) is 0 Å². The monoisotopic (exact) mass is 212 g/mol.